The molecule has 1 fully saturated rings. The van der Waals surface area contributed by atoms with Crippen LogP contribution in [0.1, 0.15) is 61.3 Å². The highest BCUT2D eigenvalue weighted by Crippen LogP contribution is 2.28. The topological polar surface area (TPSA) is 86.8 Å². The third kappa shape index (κ3) is 7.36. The number of hydrogen-bond acceptors (Lipinski definition) is 4. The summed E-state index contributed by atoms with van der Waals surface area (Å²) in [6, 6.07) is 20.7. The third-order valence-electron chi connectivity index (χ3n) is 7.95. The van der Waals surface area contributed by atoms with Gasteiger partial charge in [0.05, 0.1) is 10.6 Å². The molecule has 8 heteroatoms. The Hall–Kier alpha value is -3.65. The summed E-state index contributed by atoms with van der Waals surface area (Å²) in [5, 5.41) is 3.15. The van der Waals surface area contributed by atoms with E-state index >= 15 is 0 Å². The number of carbonyl (C=O) groups is 2. The van der Waals surface area contributed by atoms with Crippen molar-refractivity contribution in [2.75, 3.05) is 10.8 Å². The fourth-order valence-electron chi connectivity index (χ4n) is 5.44. The molecule has 1 N–H and O–H groups in total. The molecule has 1 atom stereocenters. The number of amides is 2. The second-order valence-electron chi connectivity index (χ2n) is 11.1. The van der Waals surface area contributed by atoms with Gasteiger partial charge >= 0.3 is 0 Å². The van der Waals surface area contributed by atoms with Crippen LogP contribution in [0.2, 0.25) is 0 Å². The maximum Gasteiger partial charge on any atom is 0.264 e. The standard InChI is InChI=1S/C33H41N3O4S/c1-24-19-20-31(26(3)21-24)36(41(39,40)30-17-9-6-10-18-30)23-32(37)35(22-28-14-12-11-13-25(28)2)27(4)33(38)34-29-15-7-5-8-16-29/h6,9-14,17-21,27,29H,5,7-8,15-16,22-23H2,1-4H3,(H,34,38)/t27-/m0/s1. The number of nitrogens with one attached hydrogen (secondary N) is 1. The summed E-state index contributed by atoms with van der Waals surface area (Å²) in [6.45, 7) is 7.22. The van der Waals surface area contributed by atoms with Crippen LogP contribution in [-0.2, 0) is 26.2 Å². The van der Waals surface area contributed by atoms with Gasteiger partial charge in [0.25, 0.3) is 10.0 Å². The average Bonchev–Trinajstić information content (AvgIpc) is 2.96. The normalized spacial score (nSPS) is 14.7. The van der Waals surface area contributed by atoms with Gasteiger partial charge in [0, 0.05) is 12.6 Å². The first-order valence-corrected chi connectivity index (χ1v) is 15.8. The van der Waals surface area contributed by atoms with Gasteiger partial charge in [-0.2, -0.15) is 0 Å². The molecule has 4 rings (SSSR count). The van der Waals surface area contributed by atoms with Gasteiger partial charge in [-0.15, -0.1) is 0 Å². The van der Waals surface area contributed by atoms with E-state index in [-0.39, 0.29) is 23.4 Å². The van der Waals surface area contributed by atoms with Crippen molar-refractivity contribution in [1.29, 1.82) is 0 Å². The van der Waals surface area contributed by atoms with Crippen LogP contribution >= 0.6 is 0 Å². The quantitative estimate of drug-likeness (QED) is 0.337. The first kappa shape index (κ1) is 30.3. The lowest BCUT2D eigenvalue weighted by atomic mass is 9.95. The van der Waals surface area contributed by atoms with Crippen molar-refractivity contribution < 1.29 is 18.0 Å². The first-order chi connectivity index (χ1) is 19.6. The van der Waals surface area contributed by atoms with Gasteiger partial charge in [-0.3, -0.25) is 13.9 Å². The van der Waals surface area contributed by atoms with Crippen molar-refractivity contribution in [1.82, 2.24) is 10.2 Å². The predicted octanol–water partition coefficient (Wildman–Crippen LogP) is 5.67. The maximum absolute atomic E-state index is 14.2. The van der Waals surface area contributed by atoms with Gasteiger partial charge in [0.2, 0.25) is 11.8 Å². The zero-order valence-corrected chi connectivity index (χ0v) is 25.3. The molecule has 3 aromatic carbocycles. The second kappa shape index (κ2) is 13.3. The highest BCUT2D eigenvalue weighted by atomic mass is 32.2. The Labute approximate surface area is 244 Å². The molecule has 1 saturated carbocycles. The lowest BCUT2D eigenvalue weighted by Gasteiger charge is -2.34. The average molecular weight is 576 g/mol. The maximum atomic E-state index is 14.2. The Morgan fingerprint density at radius 2 is 1.54 bits per heavy atom. The van der Waals surface area contributed by atoms with Crippen LogP contribution in [0.4, 0.5) is 5.69 Å². The van der Waals surface area contributed by atoms with Crippen LogP contribution in [0.25, 0.3) is 0 Å². The smallest absolute Gasteiger partial charge is 0.264 e. The van der Waals surface area contributed by atoms with E-state index in [1.807, 2.05) is 57.2 Å². The number of nitrogens with zero attached hydrogens (tertiary/aromatic N) is 2. The molecule has 0 aliphatic heterocycles. The number of hydrogen-bond donors (Lipinski definition) is 1. The van der Waals surface area contributed by atoms with E-state index in [4.69, 9.17) is 0 Å². The van der Waals surface area contributed by atoms with E-state index < -0.39 is 28.5 Å². The molecule has 0 saturated heterocycles. The van der Waals surface area contributed by atoms with E-state index in [0.717, 1.165) is 47.9 Å². The van der Waals surface area contributed by atoms with E-state index in [2.05, 4.69) is 5.32 Å². The summed E-state index contributed by atoms with van der Waals surface area (Å²) < 4.78 is 29.1. The van der Waals surface area contributed by atoms with Crippen LogP contribution in [-0.4, -0.2) is 43.8 Å². The summed E-state index contributed by atoms with van der Waals surface area (Å²) >= 11 is 0. The molecule has 0 unspecified atom stereocenters. The molecule has 0 aromatic heterocycles. The monoisotopic (exact) mass is 575 g/mol. The Bertz CT molecular complexity index is 1470. The van der Waals surface area contributed by atoms with Gasteiger partial charge < -0.3 is 10.2 Å². The molecule has 1 aliphatic carbocycles. The molecule has 0 heterocycles. The molecule has 218 valence electrons. The molecule has 41 heavy (non-hydrogen) atoms. The van der Waals surface area contributed by atoms with Crippen molar-refractivity contribution in [2.24, 2.45) is 0 Å². The largest absolute Gasteiger partial charge is 0.352 e. The number of anilines is 1. The highest BCUT2D eigenvalue weighted by Gasteiger charge is 2.33. The summed E-state index contributed by atoms with van der Waals surface area (Å²) in [6.07, 6.45) is 5.19. The fraction of sp³-hybridized carbons (Fsp3) is 0.394. The Morgan fingerprint density at radius 1 is 0.878 bits per heavy atom. The zero-order valence-electron chi connectivity index (χ0n) is 24.5. The summed E-state index contributed by atoms with van der Waals surface area (Å²) in [4.78, 5) is 29.2. The van der Waals surface area contributed by atoms with Crippen molar-refractivity contribution in [3.63, 3.8) is 0 Å². The second-order valence-corrected chi connectivity index (χ2v) is 12.9. The van der Waals surface area contributed by atoms with Crippen molar-refractivity contribution in [3.05, 3.63) is 95.1 Å². The molecule has 7 nitrogen and oxygen atoms in total. The van der Waals surface area contributed by atoms with E-state index in [1.54, 1.807) is 31.2 Å². The van der Waals surface area contributed by atoms with Crippen LogP contribution < -0.4 is 9.62 Å². The van der Waals surface area contributed by atoms with Crippen molar-refractivity contribution in [3.8, 4) is 0 Å². The van der Waals surface area contributed by atoms with Gasteiger partial charge in [-0.25, -0.2) is 8.42 Å². The van der Waals surface area contributed by atoms with Crippen molar-refractivity contribution in [2.45, 2.75) is 83.3 Å². The zero-order chi connectivity index (χ0) is 29.6. The fourth-order valence-corrected chi connectivity index (χ4v) is 6.94. The number of sulfonamides is 1. The Balaban J connectivity index is 1.70. The van der Waals surface area contributed by atoms with Crippen LogP contribution in [0, 0.1) is 20.8 Å². The molecular weight excluding hydrogens is 534 g/mol. The number of carbonyl (C=O) groups excluding carboxylic acids is 2. The first-order valence-electron chi connectivity index (χ1n) is 14.4. The molecule has 2 amide bonds. The van der Waals surface area contributed by atoms with Crippen LogP contribution in [0.15, 0.2) is 77.7 Å². The van der Waals surface area contributed by atoms with E-state index in [0.29, 0.717) is 5.69 Å². The van der Waals surface area contributed by atoms with Gasteiger partial charge in [0.1, 0.15) is 12.6 Å². The SMILES string of the molecule is Cc1ccc(N(CC(=O)N(Cc2ccccc2C)[C@@H](C)C(=O)NC2CCCCC2)S(=O)(=O)c2ccccc2)c(C)c1. The lowest BCUT2D eigenvalue weighted by Crippen LogP contribution is -2.53. The molecule has 1 aliphatic rings. The molecule has 0 bridgehead atoms. The molecule has 0 radical (unpaired) electrons. The van der Waals surface area contributed by atoms with Crippen molar-refractivity contribution >= 4 is 27.5 Å². The minimum Gasteiger partial charge on any atom is -0.352 e. The predicted molar refractivity (Wildman–Crippen MR) is 163 cm³/mol. The lowest BCUT2D eigenvalue weighted by molar-refractivity contribution is -0.139. The highest BCUT2D eigenvalue weighted by molar-refractivity contribution is 7.92. The Morgan fingerprint density at radius 3 is 2.20 bits per heavy atom. The summed E-state index contributed by atoms with van der Waals surface area (Å²) in [5.41, 5.74) is 4.06. The molecular formula is C33H41N3O4S. The minimum absolute atomic E-state index is 0.0966. The van der Waals surface area contributed by atoms with Crippen LogP contribution in [0.3, 0.4) is 0 Å². The van der Waals surface area contributed by atoms with E-state index in [1.165, 1.54) is 27.8 Å². The van der Waals surface area contributed by atoms with Gasteiger partial charge in [0.15, 0.2) is 0 Å². The molecule has 0 spiro atoms. The van der Waals surface area contributed by atoms with Gasteiger partial charge in [-0.05, 0) is 75.4 Å². The van der Waals surface area contributed by atoms with Gasteiger partial charge in [-0.1, -0.05) is 79.4 Å². The number of aryl methyl sites for hydroxylation is 3. The summed E-state index contributed by atoms with van der Waals surface area (Å²) in [5.74, 6) is -0.665. The Kier molecular flexibility index (Phi) is 9.86. The summed E-state index contributed by atoms with van der Waals surface area (Å²) in [7, 11) is -4.08. The minimum atomic E-state index is -4.08. The van der Waals surface area contributed by atoms with Crippen LogP contribution in [0.5, 0.6) is 0 Å². The third-order valence-corrected chi connectivity index (χ3v) is 9.73. The number of rotatable bonds is 10. The number of benzene rings is 3. The molecule has 3 aromatic rings. The van der Waals surface area contributed by atoms with E-state index in [9.17, 15) is 18.0 Å².